The van der Waals surface area contributed by atoms with E-state index < -0.39 is 0 Å². The minimum atomic E-state index is -0.177. The molecule has 0 aliphatic rings. The van der Waals surface area contributed by atoms with Gasteiger partial charge in [0.05, 0.1) is 6.33 Å². The molecule has 3 nitrogen and oxygen atoms in total. The van der Waals surface area contributed by atoms with E-state index in [0.717, 1.165) is 17.6 Å². The van der Waals surface area contributed by atoms with Crippen molar-refractivity contribution in [1.29, 1.82) is 0 Å². The maximum atomic E-state index is 13.4. The Morgan fingerprint density at radius 2 is 2.29 bits per heavy atom. The summed E-state index contributed by atoms with van der Waals surface area (Å²) in [4.78, 5) is 3.95. The molecule has 2 aromatic rings. The van der Waals surface area contributed by atoms with Crippen LogP contribution in [-0.4, -0.2) is 16.1 Å². The zero-order valence-corrected chi connectivity index (χ0v) is 10.8. The van der Waals surface area contributed by atoms with Crippen LogP contribution in [0, 0.1) is 5.82 Å². The molecule has 0 unspecified atom stereocenters. The summed E-state index contributed by atoms with van der Waals surface area (Å²) in [6.45, 7) is 2.14. The lowest BCUT2D eigenvalue weighted by Crippen LogP contribution is -2.19. The van der Waals surface area contributed by atoms with E-state index in [0.29, 0.717) is 12.1 Å². The quantitative estimate of drug-likeness (QED) is 0.860. The van der Waals surface area contributed by atoms with Crippen molar-refractivity contribution >= 4 is 15.9 Å². The summed E-state index contributed by atoms with van der Waals surface area (Å²) < 4.78 is 16.3. The van der Waals surface area contributed by atoms with Crippen molar-refractivity contribution in [1.82, 2.24) is 14.9 Å². The number of halogens is 2. The first-order chi connectivity index (χ1) is 8.25. The van der Waals surface area contributed by atoms with Crippen LogP contribution in [0.5, 0.6) is 0 Å². The highest BCUT2D eigenvalue weighted by molar-refractivity contribution is 9.10. The molecule has 17 heavy (non-hydrogen) atoms. The van der Waals surface area contributed by atoms with Gasteiger partial charge < -0.3 is 9.88 Å². The van der Waals surface area contributed by atoms with Crippen LogP contribution < -0.4 is 5.32 Å². The second-order valence-electron chi connectivity index (χ2n) is 3.71. The van der Waals surface area contributed by atoms with Gasteiger partial charge in [0.2, 0.25) is 0 Å². The Bertz CT molecular complexity index is 471. The number of nitrogens with zero attached hydrogens (tertiary/aromatic N) is 2. The van der Waals surface area contributed by atoms with E-state index in [1.807, 2.05) is 10.8 Å². The number of hydrogen-bond acceptors (Lipinski definition) is 2. The van der Waals surface area contributed by atoms with E-state index in [2.05, 4.69) is 26.2 Å². The van der Waals surface area contributed by atoms with Gasteiger partial charge in [-0.1, -0.05) is 15.9 Å². The molecule has 0 atom stereocenters. The number of benzene rings is 1. The van der Waals surface area contributed by atoms with Gasteiger partial charge in [-0.3, -0.25) is 0 Å². The first-order valence-electron chi connectivity index (χ1n) is 5.36. The second-order valence-corrected chi connectivity index (χ2v) is 4.63. The molecule has 0 aliphatic heterocycles. The Labute approximate surface area is 108 Å². The number of aromatic nitrogens is 2. The van der Waals surface area contributed by atoms with Gasteiger partial charge in [0.1, 0.15) is 5.82 Å². The van der Waals surface area contributed by atoms with Crippen LogP contribution in [0.1, 0.15) is 5.56 Å². The molecule has 90 valence electrons. The van der Waals surface area contributed by atoms with Crippen molar-refractivity contribution in [3.63, 3.8) is 0 Å². The monoisotopic (exact) mass is 297 g/mol. The Hall–Kier alpha value is -1.20. The number of imidazole rings is 1. The molecule has 1 N–H and O–H groups in total. The second kappa shape index (κ2) is 5.93. The lowest BCUT2D eigenvalue weighted by atomic mass is 10.2. The fourth-order valence-electron chi connectivity index (χ4n) is 1.53. The summed E-state index contributed by atoms with van der Waals surface area (Å²) in [6, 6.07) is 4.96. The standard InChI is InChI=1S/C12H13BrFN3/c13-11-1-2-12(14)10(7-11)8-15-3-5-17-6-4-16-9-17/h1-2,4,6-7,9,15H,3,5,8H2. The smallest absolute Gasteiger partial charge is 0.127 e. The predicted molar refractivity (Wildman–Crippen MR) is 68.0 cm³/mol. The number of rotatable bonds is 5. The van der Waals surface area contributed by atoms with Crippen LogP contribution in [0.2, 0.25) is 0 Å². The van der Waals surface area contributed by atoms with Gasteiger partial charge in [-0.2, -0.15) is 0 Å². The summed E-state index contributed by atoms with van der Waals surface area (Å²) in [5.41, 5.74) is 0.671. The van der Waals surface area contributed by atoms with Gasteiger partial charge >= 0.3 is 0 Å². The van der Waals surface area contributed by atoms with Crippen molar-refractivity contribution in [3.05, 3.63) is 52.8 Å². The molecule has 0 fully saturated rings. The fraction of sp³-hybridized carbons (Fsp3) is 0.250. The van der Waals surface area contributed by atoms with Gasteiger partial charge in [-0.05, 0) is 18.2 Å². The average molecular weight is 298 g/mol. The molecule has 0 bridgehead atoms. The summed E-state index contributed by atoms with van der Waals surface area (Å²) in [5.74, 6) is -0.177. The fourth-order valence-corrected chi connectivity index (χ4v) is 1.94. The van der Waals surface area contributed by atoms with E-state index in [1.54, 1.807) is 24.7 Å². The Morgan fingerprint density at radius 1 is 1.41 bits per heavy atom. The zero-order valence-electron chi connectivity index (χ0n) is 9.24. The maximum Gasteiger partial charge on any atom is 0.127 e. The molecule has 0 spiro atoms. The first kappa shape index (κ1) is 12.3. The topological polar surface area (TPSA) is 29.9 Å². The Morgan fingerprint density at radius 3 is 3.06 bits per heavy atom. The van der Waals surface area contributed by atoms with Gasteiger partial charge in [-0.15, -0.1) is 0 Å². The third-order valence-corrected chi connectivity index (χ3v) is 2.92. The van der Waals surface area contributed by atoms with Crippen LogP contribution in [0.25, 0.3) is 0 Å². The molecule has 1 aromatic heterocycles. The van der Waals surface area contributed by atoms with Crippen molar-refractivity contribution in [2.45, 2.75) is 13.1 Å². The largest absolute Gasteiger partial charge is 0.336 e. The summed E-state index contributed by atoms with van der Waals surface area (Å²) in [6.07, 6.45) is 5.41. The molecule has 1 heterocycles. The Balaban J connectivity index is 1.80. The molecular weight excluding hydrogens is 285 g/mol. The van der Waals surface area contributed by atoms with Gasteiger partial charge in [0, 0.05) is 42.1 Å². The van der Waals surface area contributed by atoms with Crippen LogP contribution in [0.4, 0.5) is 4.39 Å². The van der Waals surface area contributed by atoms with Crippen LogP contribution in [0.15, 0.2) is 41.4 Å². The summed E-state index contributed by atoms with van der Waals surface area (Å²) in [5, 5.41) is 3.20. The van der Waals surface area contributed by atoms with Crippen molar-refractivity contribution in [2.24, 2.45) is 0 Å². The summed E-state index contributed by atoms with van der Waals surface area (Å²) in [7, 11) is 0. The minimum absolute atomic E-state index is 0.177. The number of hydrogen-bond donors (Lipinski definition) is 1. The molecule has 0 saturated heterocycles. The first-order valence-corrected chi connectivity index (χ1v) is 6.15. The van der Waals surface area contributed by atoms with E-state index in [4.69, 9.17) is 0 Å². The SMILES string of the molecule is Fc1ccc(Br)cc1CNCCn1ccnc1. The normalized spacial score (nSPS) is 10.7. The molecule has 2 rings (SSSR count). The zero-order chi connectivity index (χ0) is 12.1. The highest BCUT2D eigenvalue weighted by atomic mass is 79.9. The minimum Gasteiger partial charge on any atom is -0.336 e. The van der Waals surface area contributed by atoms with E-state index in [9.17, 15) is 4.39 Å². The Kier molecular flexibility index (Phi) is 4.28. The third kappa shape index (κ3) is 3.64. The van der Waals surface area contributed by atoms with Gasteiger partial charge in [0.25, 0.3) is 0 Å². The molecule has 0 amide bonds. The van der Waals surface area contributed by atoms with Crippen molar-refractivity contribution < 1.29 is 4.39 Å². The van der Waals surface area contributed by atoms with Crippen LogP contribution >= 0.6 is 15.9 Å². The molecular formula is C12H13BrFN3. The van der Waals surface area contributed by atoms with Crippen molar-refractivity contribution in [2.75, 3.05) is 6.54 Å². The van der Waals surface area contributed by atoms with Crippen LogP contribution in [-0.2, 0) is 13.1 Å². The average Bonchev–Trinajstić information content (AvgIpc) is 2.82. The molecule has 5 heteroatoms. The lowest BCUT2D eigenvalue weighted by Gasteiger charge is -2.07. The highest BCUT2D eigenvalue weighted by Crippen LogP contribution is 2.15. The van der Waals surface area contributed by atoms with E-state index in [-0.39, 0.29) is 5.82 Å². The lowest BCUT2D eigenvalue weighted by molar-refractivity contribution is 0.564. The molecule has 0 aliphatic carbocycles. The van der Waals surface area contributed by atoms with E-state index in [1.165, 1.54) is 6.07 Å². The van der Waals surface area contributed by atoms with Crippen LogP contribution in [0.3, 0.4) is 0 Å². The molecule has 1 aromatic carbocycles. The van der Waals surface area contributed by atoms with Gasteiger partial charge in [-0.25, -0.2) is 9.37 Å². The predicted octanol–water partition coefficient (Wildman–Crippen LogP) is 2.57. The van der Waals surface area contributed by atoms with Crippen molar-refractivity contribution in [3.8, 4) is 0 Å². The van der Waals surface area contributed by atoms with Gasteiger partial charge in [0.15, 0.2) is 0 Å². The highest BCUT2D eigenvalue weighted by Gasteiger charge is 2.01. The maximum absolute atomic E-state index is 13.4. The third-order valence-electron chi connectivity index (χ3n) is 2.43. The summed E-state index contributed by atoms with van der Waals surface area (Å²) >= 11 is 3.33. The molecule has 0 saturated carbocycles. The number of nitrogens with one attached hydrogen (secondary N) is 1. The van der Waals surface area contributed by atoms with E-state index >= 15 is 0 Å². The molecule has 0 radical (unpaired) electrons.